The maximum atomic E-state index is 13.4. The maximum Gasteiger partial charge on any atom is 0.220 e. The van der Waals surface area contributed by atoms with Gasteiger partial charge in [0.15, 0.2) is 34.8 Å². The van der Waals surface area contributed by atoms with Crippen LogP contribution in [0, 0.1) is 0 Å². The second kappa shape index (κ2) is 30.6. The zero-order chi connectivity index (χ0) is 38.3. The van der Waals surface area contributed by atoms with E-state index in [0.717, 1.165) is 57.8 Å². The summed E-state index contributed by atoms with van der Waals surface area (Å²) in [6, 6.07) is 0. The van der Waals surface area contributed by atoms with Crippen LogP contribution in [0.1, 0.15) is 232 Å². The third-order valence-corrected chi connectivity index (χ3v) is 11.3. The van der Waals surface area contributed by atoms with Crippen LogP contribution in [0.2, 0.25) is 0 Å². The molecule has 0 amide bonds. The van der Waals surface area contributed by atoms with Crippen molar-refractivity contribution in [1.29, 1.82) is 0 Å². The number of carbonyl (C=O) groups is 4. The molecular weight excluding hydrogens is 652 g/mol. The van der Waals surface area contributed by atoms with Gasteiger partial charge in [-0.3, -0.25) is 19.2 Å². The normalized spacial score (nSPS) is 16.2. The van der Waals surface area contributed by atoms with Gasteiger partial charge in [0.05, 0.1) is 0 Å². The van der Waals surface area contributed by atoms with Crippen LogP contribution in [0.25, 0.3) is 0 Å². The van der Waals surface area contributed by atoms with Crippen molar-refractivity contribution in [1.82, 2.24) is 0 Å². The van der Waals surface area contributed by atoms with Gasteiger partial charge in [0.1, 0.15) is 0 Å². The van der Waals surface area contributed by atoms with E-state index in [0.29, 0.717) is 19.3 Å². The van der Waals surface area contributed by atoms with Crippen LogP contribution < -0.4 is 0 Å². The van der Waals surface area contributed by atoms with Crippen LogP contribution >= 0.6 is 0 Å². The number of hydrogen-bond acceptors (Lipinski definition) is 7. The molecule has 2 atom stereocenters. The second-order valence-corrected chi connectivity index (χ2v) is 15.9. The highest BCUT2D eigenvalue weighted by Gasteiger charge is 2.69. The Labute approximate surface area is 318 Å². The number of carbonyl (C=O) groups excluding carboxylic acids is 4. The van der Waals surface area contributed by atoms with Crippen molar-refractivity contribution in [3.63, 3.8) is 0 Å². The van der Waals surface area contributed by atoms with Crippen molar-refractivity contribution in [3.8, 4) is 0 Å². The summed E-state index contributed by atoms with van der Waals surface area (Å²) in [6.07, 6.45) is 35.4. The molecule has 7 heteroatoms. The van der Waals surface area contributed by atoms with E-state index in [-0.39, 0.29) is 25.7 Å². The molecule has 1 aliphatic carbocycles. The Bertz CT molecular complexity index is 972. The van der Waals surface area contributed by atoms with Gasteiger partial charge in [0.25, 0.3) is 0 Å². The maximum absolute atomic E-state index is 13.4. The molecule has 1 rings (SSSR count). The molecule has 0 spiro atoms. The Morgan fingerprint density at radius 2 is 0.865 bits per heavy atom. The van der Waals surface area contributed by atoms with Gasteiger partial charge in [0.2, 0.25) is 5.60 Å². The second-order valence-electron chi connectivity index (χ2n) is 15.9. The number of aliphatic hydroxyl groups is 3. The van der Waals surface area contributed by atoms with Gasteiger partial charge >= 0.3 is 0 Å². The summed E-state index contributed by atoms with van der Waals surface area (Å²) >= 11 is 0. The highest BCUT2D eigenvalue weighted by Crippen LogP contribution is 2.38. The highest BCUT2D eigenvalue weighted by atomic mass is 16.4. The van der Waals surface area contributed by atoms with Crippen molar-refractivity contribution >= 4 is 23.1 Å². The Kier molecular flexibility index (Phi) is 28.4. The first-order chi connectivity index (χ1) is 25.2. The van der Waals surface area contributed by atoms with Crippen molar-refractivity contribution < 1.29 is 34.5 Å². The lowest BCUT2D eigenvalue weighted by Crippen LogP contribution is -2.72. The standard InChI is InChI=1S/C45H80O7/c1-3-5-7-9-11-13-15-17-19-20-22-23-25-27-29-31-33-35-39(46)43(50)45(52,44(51)41(48)37-38-42(44)49)40(47)36-34-32-30-28-26-24-21-18-16-14-12-10-8-6-4-2/h18,21,43,50-52H,3-17,19-20,22-38H2,1-2H3/b21-18-. The summed E-state index contributed by atoms with van der Waals surface area (Å²) in [7, 11) is 0. The van der Waals surface area contributed by atoms with Crippen LogP contribution in [0.15, 0.2) is 12.2 Å². The van der Waals surface area contributed by atoms with Gasteiger partial charge in [-0.2, -0.15) is 0 Å². The molecule has 0 aliphatic heterocycles. The minimum atomic E-state index is -3.16. The molecule has 2 unspecified atom stereocenters. The predicted molar refractivity (Wildman–Crippen MR) is 213 cm³/mol. The average molecular weight is 733 g/mol. The van der Waals surface area contributed by atoms with Crippen LogP contribution in [0.5, 0.6) is 0 Å². The minimum Gasteiger partial charge on any atom is -0.382 e. The minimum absolute atomic E-state index is 0.0960. The van der Waals surface area contributed by atoms with Gasteiger partial charge in [-0.05, 0) is 38.5 Å². The van der Waals surface area contributed by atoms with Crippen molar-refractivity contribution in [2.75, 3.05) is 0 Å². The van der Waals surface area contributed by atoms with Gasteiger partial charge in [-0.1, -0.05) is 180 Å². The fourth-order valence-electron chi connectivity index (χ4n) is 7.66. The Morgan fingerprint density at radius 3 is 1.23 bits per heavy atom. The first-order valence-corrected chi connectivity index (χ1v) is 22.1. The summed E-state index contributed by atoms with van der Waals surface area (Å²) in [5.41, 5.74) is -6.25. The van der Waals surface area contributed by atoms with Crippen LogP contribution in [0.3, 0.4) is 0 Å². The number of Topliss-reactive ketones (excluding diaryl/α,β-unsaturated/α-hetero) is 4. The monoisotopic (exact) mass is 733 g/mol. The molecule has 0 aromatic heterocycles. The summed E-state index contributed by atoms with van der Waals surface area (Å²) in [4.78, 5) is 51.9. The molecule has 0 heterocycles. The lowest BCUT2D eigenvalue weighted by atomic mass is 9.70. The quantitative estimate of drug-likeness (QED) is 0.0329. The molecule has 1 saturated carbocycles. The largest absolute Gasteiger partial charge is 0.382 e. The van der Waals surface area contributed by atoms with Gasteiger partial charge < -0.3 is 15.3 Å². The molecular formula is C45H80O7. The zero-order valence-electron chi connectivity index (χ0n) is 33.7. The van der Waals surface area contributed by atoms with E-state index in [1.54, 1.807) is 0 Å². The van der Waals surface area contributed by atoms with E-state index in [1.807, 2.05) is 0 Å². The number of allylic oxidation sites excluding steroid dienone is 2. The lowest BCUT2D eigenvalue weighted by Gasteiger charge is -2.40. The topological polar surface area (TPSA) is 129 Å². The molecule has 0 bridgehead atoms. The Hall–Kier alpha value is -1.70. The molecule has 0 radical (unpaired) electrons. The Balaban J connectivity index is 2.35. The smallest absolute Gasteiger partial charge is 0.220 e. The molecule has 0 aromatic rings. The fourth-order valence-corrected chi connectivity index (χ4v) is 7.66. The van der Waals surface area contributed by atoms with Crippen LogP contribution in [-0.2, 0) is 19.2 Å². The SMILES string of the molecule is CCCCCCCC/C=C\CCCCCCCC(=O)C(O)(C(O)C(=O)CCCCCCCCCCCCCCCCCCC)C1(O)C(=O)CCC1=O. The van der Waals surface area contributed by atoms with Crippen molar-refractivity contribution in [2.45, 2.75) is 249 Å². The van der Waals surface area contributed by atoms with E-state index >= 15 is 0 Å². The van der Waals surface area contributed by atoms with Gasteiger partial charge in [-0.25, -0.2) is 0 Å². The average Bonchev–Trinajstić information content (AvgIpc) is 3.41. The fraction of sp³-hybridized carbons (Fsp3) is 0.867. The molecule has 1 fully saturated rings. The first kappa shape index (κ1) is 48.3. The van der Waals surface area contributed by atoms with Gasteiger partial charge in [-0.15, -0.1) is 0 Å². The molecule has 0 saturated heterocycles. The summed E-state index contributed by atoms with van der Waals surface area (Å²) < 4.78 is 0. The summed E-state index contributed by atoms with van der Waals surface area (Å²) in [5, 5.41) is 33.8. The van der Waals surface area contributed by atoms with E-state index in [4.69, 9.17) is 0 Å². The lowest BCUT2D eigenvalue weighted by molar-refractivity contribution is -0.202. The molecule has 7 nitrogen and oxygen atoms in total. The van der Waals surface area contributed by atoms with Crippen LogP contribution in [-0.4, -0.2) is 55.8 Å². The number of aliphatic hydroxyl groups excluding tert-OH is 1. The van der Waals surface area contributed by atoms with E-state index in [2.05, 4.69) is 26.0 Å². The molecule has 3 N–H and O–H groups in total. The number of hydrogen-bond donors (Lipinski definition) is 3. The summed E-state index contributed by atoms with van der Waals surface area (Å²) in [5.74, 6) is -3.85. The Morgan fingerprint density at radius 1 is 0.558 bits per heavy atom. The van der Waals surface area contributed by atoms with E-state index < -0.39 is 40.4 Å². The van der Waals surface area contributed by atoms with E-state index in [1.165, 1.54) is 116 Å². The molecule has 302 valence electrons. The molecule has 52 heavy (non-hydrogen) atoms. The number of ketones is 4. The molecule has 1 aliphatic rings. The summed E-state index contributed by atoms with van der Waals surface area (Å²) in [6.45, 7) is 4.49. The molecule has 0 aromatic carbocycles. The van der Waals surface area contributed by atoms with Crippen molar-refractivity contribution in [2.24, 2.45) is 0 Å². The third-order valence-electron chi connectivity index (χ3n) is 11.3. The number of rotatable bonds is 37. The predicted octanol–water partition coefficient (Wildman–Crippen LogP) is 11.0. The zero-order valence-corrected chi connectivity index (χ0v) is 33.7. The third kappa shape index (κ3) is 18.6. The number of unbranched alkanes of at least 4 members (excludes halogenated alkanes) is 27. The van der Waals surface area contributed by atoms with Crippen LogP contribution in [0.4, 0.5) is 0 Å². The first-order valence-electron chi connectivity index (χ1n) is 22.1. The van der Waals surface area contributed by atoms with Gasteiger partial charge in [0, 0.05) is 25.7 Å². The van der Waals surface area contributed by atoms with E-state index in [9.17, 15) is 34.5 Å². The highest BCUT2D eigenvalue weighted by molar-refractivity contribution is 6.21. The van der Waals surface area contributed by atoms with Crippen molar-refractivity contribution in [3.05, 3.63) is 12.2 Å².